The van der Waals surface area contributed by atoms with Gasteiger partial charge in [0.2, 0.25) is 0 Å². The van der Waals surface area contributed by atoms with E-state index in [1.54, 1.807) is 6.07 Å². The summed E-state index contributed by atoms with van der Waals surface area (Å²) in [4.78, 5) is 10.3. The fourth-order valence-electron chi connectivity index (χ4n) is 1.26. The molecule has 2 nitrogen and oxygen atoms in total. The van der Waals surface area contributed by atoms with Crippen molar-refractivity contribution in [2.45, 2.75) is 26.2 Å². The highest BCUT2D eigenvalue weighted by atomic mass is 19.1. The standard InChI is InChI=1S/C11H13FO2/c1-2-8-3-4-9(10(12)7-8)5-6-11(13)14/h3-4,7H,2,5-6H2,1H3,(H,13,14). The molecule has 0 heterocycles. The molecule has 1 N–H and O–H groups in total. The van der Waals surface area contributed by atoms with E-state index in [0.717, 1.165) is 12.0 Å². The second kappa shape index (κ2) is 4.74. The van der Waals surface area contributed by atoms with Crippen LogP contribution < -0.4 is 0 Å². The number of aryl methyl sites for hydroxylation is 2. The molecule has 3 heteroatoms. The molecule has 1 rings (SSSR count). The molecule has 14 heavy (non-hydrogen) atoms. The van der Waals surface area contributed by atoms with Gasteiger partial charge in [-0.2, -0.15) is 0 Å². The number of carboxylic acid groups (broad SMARTS) is 1. The zero-order valence-electron chi connectivity index (χ0n) is 8.09. The predicted octanol–water partition coefficient (Wildman–Crippen LogP) is 2.41. The predicted molar refractivity (Wildman–Crippen MR) is 51.7 cm³/mol. The van der Waals surface area contributed by atoms with E-state index in [4.69, 9.17) is 5.11 Å². The first-order valence-electron chi connectivity index (χ1n) is 4.62. The Morgan fingerprint density at radius 2 is 2.21 bits per heavy atom. The van der Waals surface area contributed by atoms with E-state index >= 15 is 0 Å². The highest BCUT2D eigenvalue weighted by Crippen LogP contribution is 2.12. The monoisotopic (exact) mass is 196 g/mol. The maximum absolute atomic E-state index is 13.3. The quantitative estimate of drug-likeness (QED) is 0.802. The summed E-state index contributed by atoms with van der Waals surface area (Å²) in [7, 11) is 0. The lowest BCUT2D eigenvalue weighted by Gasteiger charge is -2.03. The van der Waals surface area contributed by atoms with E-state index in [2.05, 4.69) is 0 Å². The number of aliphatic carboxylic acids is 1. The first kappa shape index (κ1) is 10.7. The van der Waals surface area contributed by atoms with Crippen LogP contribution in [0.15, 0.2) is 18.2 Å². The fraction of sp³-hybridized carbons (Fsp3) is 0.364. The molecule has 0 unspecified atom stereocenters. The van der Waals surface area contributed by atoms with Crippen LogP contribution in [-0.2, 0) is 17.6 Å². The SMILES string of the molecule is CCc1ccc(CCC(=O)O)c(F)c1. The van der Waals surface area contributed by atoms with Crippen molar-refractivity contribution in [2.24, 2.45) is 0 Å². The van der Waals surface area contributed by atoms with Crippen LogP contribution in [0.4, 0.5) is 4.39 Å². The van der Waals surface area contributed by atoms with Gasteiger partial charge in [-0.3, -0.25) is 4.79 Å². The van der Waals surface area contributed by atoms with Crippen LogP contribution in [0.2, 0.25) is 0 Å². The van der Waals surface area contributed by atoms with Gasteiger partial charge in [0.05, 0.1) is 0 Å². The largest absolute Gasteiger partial charge is 0.481 e. The molecule has 1 aromatic rings. The Morgan fingerprint density at radius 3 is 2.71 bits per heavy atom. The third-order valence-corrected chi connectivity index (χ3v) is 2.13. The van der Waals surface area contributed by atoms with Crippen molar-refractivity contribution in [1.82, 2.24) is 0 Å². The Labute approximate surface area is 82.4 Å². The molecular weight excluding hydrogens is 183 g/mol. The first-order chi connectivity index (χ1) is 6.63. The molecule has 0 amide bonds. The third kappa shape index (κ3) is 2.83. The number of carboxylic acids is 1. The Kier molecular flexibility index (Phi) is 3.63. The minimum Gasteiger partial charge on any atom is -0.481 e. The average Bonchev–Trinajstić information content (AvgIpc) is 2.15. The summed E-state index contributed by atoms with van der Waals surface area (Å²) < 4.78 is 13.3. The molecule has 0 fully saturated rings. The molecular formula is C11H13FO2. The van der Waals surface area contributed by atoms with Gasteiger partial charge < -0.3 is 5.11 Å². The smallest absolute Gasteiger partial charge is 0.303 e. The lowest BCUT2D eigenvalue weighted by atomic mass is 10.1. The van der Waals surface area contributed by atoms with E-state index < -0.39 is 5.97 Å². The third-order valence-electron chi connectivity index (χ3n) is 2.13. The van der Waals surface area contributed by atoms with Gasteiger partial charge in [0.1, 0.15) is 5.82 Å². The lowest BCUT2D eigenvalue weighted by molar-refractivity contribution is -0.136. The minimum atomic E-state index is -0.899. The highest BCUT2D eigenvalue weighted by molar-refractivity contribution is 5.67. The molecule has 0 aromatic heterocycles. The van der Waals surface area contributed by atoms with Gasteiger partial charge in [-0.15, -0.1) is 0 Å². The van der Waals surface area contributed by atoms with Gasteiger partial charge in [-0.25, -0.2) is 4.39 Å². The van der Waals surface area contributed by atoms with Crippen LogP contribution in [0.1, 0.15) is 24.5 Å². The van der Waals surface area contributed by atoms with Gasteiger partial charge in [-0.05, 0) is 30.0 Å². The number of halogens is 1. The second-order valence-electron chi connectivity index (χ2n) is 3.17. The Morgan fingerprint density at radius 1 is 1.50 bits per heavy atom. The number of hydrogen-bond donors (Lipinski definition) is 1. The van der Waals surface area contributed by atoms with Crippen LogP contribution in [-0.4, -0.2) is 11.1 Å². The van der Waals surface area contributed by atoms with Crippen molar-refractivity contribution < 1.29 is 14.3 Å². The van der Waals surface area contributed by atoms with Gasteiger partial charge in [0.25, 0.3) is 0 Å². The van der Waals surface area contributed by atoms with Crippen molar-refractivity contribution in [3.63, 3.8) is 0 Å². The van der Waals surface area contributed by atoms with E-state index in [-0.39, 0.29) is 18.7 Å². The van der Waals surface area contributed by atoms with Crippen molar-refractivity contribution in [1.29, 1.82) is 0 Å². The van der Waals surface area contributed by atoms with Crippen LogP contribution in [0.25, 0.3) is 0 Å². The molecule has 0 saturated heterocycles. The zero-order chi connectivity index (χ0) is 10.6. The van der Waals surface area contributed by atoms with Crippen LogP contribution in [0.3, 0.4) is 0 Å². The summed E-state index contributed by atoms with van der Waals surface area (Å²) in [5, 5.41) is 8.44. The van der Waals surface area contributed by atoms with Crippen molar-refractivity contribution in [3.05, 3.63) is 35.1 Å². The summed E-state index contributed by atoms with van der Waals surface area (Å²) >= 11 is 0. The van der Waals surface area contributed by atoms with E-state index in [0.29, 0.717) is 5.56 Å². The molecule has 0 bridgehead atoms. The van der Waals surface area contributed by atoms with E-state index in [1.807, 2.05) is 13.0 Å². The molecule has 0 atom stereocenters. The van der Waals surface area contributed by atoms with Crippen molar-refractivity contribution in [2.75, 3.05) is 0 Å². The van der Waals surface area contributed by atoms with Gasteiger partial charge in [0.15, 0.2) is 0 Å². The molecule has 0 spiro atoms. The van der Waals surface area contributed by atoms with Crippen molar-refractivity contribution in [3.8, 4) is 0 Å². The normalized spacial score (nSPS) is 10.1. The second-order valence-corrected chi connectivity index (χ2v) is 3.17. The highest BCUT2D eigenvalue weighted by Gasteiger charge is 2.05. The molecule has 0 aliphatic heterocycles. The summed E-state index contributed by atoms with van der Waals surface area (Å²) in [6.45, 7) is 1.95. The van der Waals surface area contributed by atoms with Crippen LogP contribution in [0, 0.1) is 5.82 Å². The zero-order valence-corrected chi connectivity index (χ0v) is 8.09. The number of rotatable bonds is 4. The fourth-order valence-corrected chi connectivity index (χ4v) is 1.26. The van der Waals surface area contributed by atoms with Gasteiger partial charge in [0, 0.05) is 6.42 Å². The Balaban J connectivity index is 2.73. The molecule has 0 saturated carbocycles. The molecule has 76 valence electrons. The van der Waals surface area contributed by atoms with Crippen LogP contribution >= 0.6 is 0 Å². The molecule has 1 aromatic carbocycles. The number of benzene rings is 1. The van der Waals surface area contributed by atoms with Gasteiger partial charge in [-0.1, -0.05) is 19.1 Å². The van der Waals surface area contributed by atoms with Crippen LogP contribution in [0.5, 0.6) is 0 Å². The maximum Gasteiger partial charge on any atom is 0.303 e. The minimum absolute atomic E-state index is 0.0254. The Bertz CT molecular complexity index is 334. The summed E-state index contributed by atoms with van der Waals surface area (Å²) in [5.41, 5.74) is 1.41. The van der Waals surface area contributed by atoms with E-state index in [1.165, 1.54) is 6.07 Å². The molecule has 0 aliphatic carbocycles. The average molecular weight is 196 g/mol. The molecule has 0 aliphatic rings. The summed E-state index contributed by atoms with van der Waals surface area (Å²) in [6, 6.07) is 4.97. The van der Waals surface area contributed by atoms with Gasteiger partial charge >= 0.3 is 5.97 Å². The number of carbonyl (C=O) groups is 1. The number of hydrogen-bond acceptors (Lipinski definition) is 1. The maximum atomic E-state index is 13.3. The summed E-state index contributed by atoms with van der Waals surface area (Å²) in [6.07, 6.45) is 1.02. The first-order valence-corrected chi connectivity index (χ1v) is 4.62. The Hall–Kier alpha value is -1.38. The topological polar surface area (TPSA) is 37.3 Å². The van der Waals surface area contributed by atoms with Crippen molar-refractivity contribution >= 4 is 5.97 Å². The lowest BCUT2D eigenvalue weighted by Crippen LogP contribution is -1.99. The van der Waals surface area contributed by atoms with E-state index in [9.17, 15) is 9.18 Å². The summed E-state index contributed by atoms with van der Waals surface area (Å²) in [5.74, 6) is -1.20. The molecule has 0 radical (unpaired) electrons.